The molecule has 3 amide bonds. The zero-order valence-electron chi connectivity index (χ0n) is 23.9. The summed E-state index contributed by atoms with van der Waals surface area (Å²) < 4.78 is 0. The monoisotopic (exact) mass is 585 g/mol. The molecule has 0 spiro atoms. The molecule has 9 nitrogen and oxygen atoms in total. The second-order valence-electron chi connectivity index (χ2n) is 11.6. The van der Waals surface area contributed by atoms with E-state index >= 15 is 0 Å². The molecule has 1 heterocycles. The summed E-state index contributed by atoms with van der Waals surface area (Å²) in [6.07, 6.45) is 0. The Hall–Kier alpha value is -5.44. The number of nitrogens with zero attached hydrogens (tertiary/aromatic N) is 3. The maximum absolute atomic E-state index is 14.5. The standard InChI is InChI=1S/C35H27N3O6/c1-19-11-13-21(14-12-19)32(39)20(2)36(33(40)22-15-17-23(18-16-22)38(43)44)37-34(41)30-28-24-7-3-4-8-25(24)29(31(30)35(37)42)27-10-6-5-9-26(27)28/h3-18,20,28-31H,1-2H3/t20-,28?,29?,30-,31+/m1/s1. The number of imide groups is 1. The number of carbonyl (C=O) groups is 4. The molecule has 3 aliphatic carbocycles. The maximum Gasteiger partial charge on any atom is 0.273 e. The third-order valence-corrected chi connectivity index (χ3v) is 9.26. The number of rotatable bonds is 6. The van der Waals surface area contributed by atoms with E-state index in [1.807, 2.05) is 55.5 Å². The van der Waals surface area contributed by atoms with Crippen molar-refractivity contribution in [1.82, 2.24) is 10.0 Å². The van der Waals surface area contributed by atoms with E-state index in [2.05, 4.69) is 0 Å². The van der Waals surface area contributed by atoms with Crippen LogP contribution in [0.15, 0.2) is 97.1 Å². The van der Waals surface area contributed by atoms with Crippen LogP contribution in [0, 0.1) is 28.9 Å². The summed E-state index contributed by atoms with van der Waals surface area (Å²) in [5.41, 5.74) is 4.98. The van der Waals surface area contributed by atoms with Gasteiger partial charge >= 0.3 is 0 Å². The van der Waals surface area contributed by atoms with E-state index in [-0.39, 0.29) is 11.3 Å². The molecule has 4 aliphatic rings. The van der Waals surface area contributed by atoms with Crippen LogP contribution in [0.4, 0.5) is 5.69 Å². The first-order valence-electron chi connectivity index (χ1n) is 14.4. The first-order valence-corrected chi connectivity index (χ1v) is 14.4. The quantitative estimate of drug-likeness (QED) is 0.129. The summed E-state index contributed by atoms with van der Waals surface area (Å²) in [5, 5.41) is 13.1. The summed E-state index contributed by atoms with van der Waals surface area (Å²) in [5.74, 6) is -4.62. The summed E-state index contributed by atoms with van der Waals surface area (Å²) in [6.45, 7) is 3.38. The fraction of sp³-hybridized carbons (Fsp3) is 0.200. The van der Waals surface area contributed by atoms with Gasteiger partial charge in [-0.1, -0.05) is 78.4 Å². The van der Waals surface area contributed by atoms with E-state index in [0.717, 1.165) is 37.8 Å². The molecular weight excluding hydrogens is 558 g/mol. The van der Waals surface area contributed by atoms with Crippen molar-refractivity contribution in [3.05, 3.63) is 146 Å². The highest BCUT2D eigenvalue weighted by Gasteiger charge is 2.63. The van der Waals surface area contributed by atoms with Crippen LogP contribution in [-0.4, -0.2) is 44.5 Å². The zero-order chi connectivity index (χ0) is 30.9. The molecule has 0 aromatic heterocycles. The number of hydrogen-bond donors (Lipinski definition) is 0. The molecule has 218 valence electrons. The molecule has 0 N–H and O–H groups in total. The van der Waals surface area contributed by atoms with E-state index in [4.69, 9.17) is 0 Å². The predicted molar refractivity (Wildman–Crippen MR) is 160 cm³/mol. The van der Waals surface area contributed by atoms with Gasteiger partial charge in [-0.25, -0.2) is 5.01 Å². The first kappa shape index (κ1) is 27.4. The molecule has 4 aromatic carbocycles. The van der Waals surface area contributed by atoms with Gasteiger partial charge in [0.25, 0.3) is 23.4 Å². The molecule has 3 atom stereocenters. The zero-order valence-corrected chi connectivity index (χ0v) is 23.9. The molecule has 9 heteroatoms. The van der Waals surface area contributed by atoms with Crippen LogP contribution in [0.2, 0.25) is 0 Å². The highest BCUT2D eigenvalue weighted by molar-refractivity contribution is 6.11. The average molecular weight is 586 g/mol. The topological polar surface area (TPSA) is 118 Å². The summed E-state index contributed by atoms with van der Waals surface area (Å²) >= 11 is 0. The molecule has 0 saturated carbocycles. The number of nitro benzene ring substituents is 1. The van der Waals surface area contributed by atoms with Gasteiger partial charge in [0.2, 0.25) is 0 Å². The Morgan fingerprint density at radius 1 is 0.727 bits per heavy atom. The maximum atomic E-state index is 14.5. The van der Waals surface area contributed by atoms with Gasteiger partial charge in [0.05, 0.1) is 16.8 Å². The van der Waals surface area contributed by atoms with Crippen molar-refractivity contribution < 1.29 is 24.1 Å². The number of carbonyl (C=O) groups excluding carboxylic acids is 4. The van der Waals surface area contributed by atoms with Gasteiger partial charge in [-0.05, 0) is 48.2 Å². The van der Waals surface area contributed by atoms with Crippen molar-refractivity contribution in [1.29, 1.82) is 0 Å². The summed E-state index contributed by atoms with van der Waals surface area (Å²) in [7, 11) is 0. The number of hydrazine groups is 1. The second-order valence-corrected chi connectivity index (χ2v) is 11.6. The SMILES string of the molecule is Cc1ccc(C(=O)[C@@H](C)N(C(=O)c2ccc([N+](=O)[O-])cc2)N2C(=O)[C@@H]3C4c5ccccc5C(c5ccccc54)[C@@H]3C2=O)cc1. The second kappa shape index (κ2) is 10.1. The molecule has 44 heavy (non-hydrogen) atoms. The molecule has 8 rings (SSSR count). The third kappa shape index (κ3) is 3.92. The number of non-ortho nitro benzene ring substituents is 1. The minimum Gasteiger partial charge on any atom is -0.292 e. The molecular formula is C35H27N3O6. The van der Waals surface area contributed by atoms with Gasteiger partial charge in [0.15, 0.2) is 5.78 Å². The van der Waals surface area contributed by atoms with Gasteiger partial charge < -0.3 is 0 Å². The Balaban J connectivity index is 1.35. The largest absolute Gasteiger partial charge is 0.292 e. The summed E-state index contributed by atoms with van der Waals surface area (Å²) in [4.78, 5) is 67.7. The highest BCUT2D eigenvalue weighted by Crippen LogP contribution is 2.61. The van der Waals surface area contributed by atoms with Crippen molar-refractivity contribution in [2.45, 2.75) is 31.7 Å². The molecule has 2 bridgehead atoms. The number of ketones is 1. The van der Waals surface area contributed by atoms with Crippen molar-refractivity contribution in [2.75, 3.05) is 0 Å². The lowest BCUT2D eigenvalue weighted by Gasteiger charge is -2.45. The minimum atomic E-state index is -1.24. The number of amides is 3. The molecule has 1 fully saturated rings. The fourth-order valence-corrected chi connectivity index (χ4v) is 7.24. The van der Waals surface area contributed by atoms with Crippen LogP contribution in [0.3, 0.4) is 0 Å². The molecule has 0 radical (unpaired) electrons. The first-order chi connectivity index (χ1) is 21.2. The molecule has 0 unspecified atom stereocenters. The van der Waals surface area contributed by atoms with Crippen LogP contribution < -0.4 is 0 Å². The summed E-state index contributed by atoms with van der Waals surface area (Å²) in [6, 6.07) is 26.1. The van der Waals surface area contributed by atoms with E-state index in [0.29, 0.717) is 5.56 Å². The predicted octanol–water partition coefficient (Wildman–Crippen LogP) is 5.42. The Morgan fingerprint density at radius 2 is 1.16 bits per heavy atom. The van der Waals surface area contributed by atoms with Gasteiger partial charge in [0.1, 0.15) is 6.04 Å². The van der Waals surface area contributed by atoms with Gasteiger partial charge in [-0.3, -0.25) is 29.3 Å². The number of hydrogen-bond acceptors (Lipinski definition) is 6. The number of aryl methyl sites for hydroxylation is 1. The van der Waals surface area contributed by atoms with Gasteiger partial charge in [-0.2, -0.15) is 5.01 Å². The van der Waals surface area contributed by atoms with Crippen molar-refractivity contribution in [2.24, 2.45) is 11.8 Å². The number of benzene rings is 4. The van der Waals surface area contributed by atoms with E-state index in [9.17, 15) is 29.3 Å². The smallest absolute Gasteiger partial charge is 0.273 e. The molecule has 4 aromatic rings. The Bertz CT molecular complexity index is 1770. The average Bonchev–Trinajstić information content (AvgIpc) is 3.30. The van der Waals surface area contributed by atoms with Crippen LogP contribution in [-0.2, 0) is 9.59 Å². The Labute approximate surface area is 252 Å². The Morgan fingerprint density at radius 3 is 1.59 bits per heavy atom. The lowest BCUT2D eigenvalue weighted by Crippen LogP contribution is -2.56. The van der Waals surface area contributed by atoms with Gasteiger partial charge in [-0.15, -0.1) is 0 Å². The fourth-order valence-electron chi connectivity index (χ4n) is 7.24. The van der Waals surface area contributed by atoms with E-state index < -0.39 is 58.1 Å². The lowest BCUT2D eigenvalue weighted by molar-refractivity contribution is -0.384. The number of nitro groups is 1. The minimum absolute atomic E-state index is 0.00386. The van der Waals surface area contributed by atoms with E-state index in [1.165, 1.54) is 31.2 Å². The van der Waals surface area contributed by atoms with Crippen LogP contribution in [0.5, 0.6) is 0 Å². The van der Waals surface area contributed by atoms with Crippen molar-refractivity contribution in [3.8, 4) is 0 Å². The van der Waals surface area contributed by atoms with Crippen molar-refractivity contribution >= 4 is 29.2 Å². The number of Topliss-reactive ketones (excluding diaryl/α,β-unsaturated/α-hetero) is 1. The molecule has 1 aliphatic heterocycles. The molecule has 1 saturated heterocycles. The van der Waals surface area contributed by atoms with Crippen LogP contribution >= 0.6 is 0 Å². The van der Waals surface area contributed by atoms with Crippen LogP contribution in [0.1, 0.15) is 67.3 Å². The third-order valence-electron chi connectivity index (χ3n) is 9.26. The van der Waals surface area contributed by atoms with Gasteiger partial charge in [0, 0.05) is 35.1 Å². The lowest BCUT2D eigenvalue weighted by atomic mass is 9.55. The normalized spacial score (nSPS) is 21.7. The van der Waals surface area contributed by atoms with Crippen LogP contribution in [0.25, 0.3) is 0 Å². The van der Waals surface area contributed by atoms with Crippen molar-refractivity contribution in [3.63, 3.8) is 0 Å². The van der Waals surface area contributed by atoms with E-state index in [1.54, 1.807) is 24.3 Å². The Kier molecular flexibility index (Phi) is 6.28. The highest BCUT2D eigenvalue weighted by atomic mass is 16.6.